The Balaban J connectivity index is 1.68. The Hall–Kier alpha value is -4.28. The molecule has 0 saturated carbocycles. The Labute approximate surface area is 235 Å². The molecule has 0 aliphatic heterocycles. The van der Waals surface area contributed by atoms with Crippen molar-refractivity contribution in [1.82, 2.24) is 10.3 Å². The molecule has 2 aromatic carbocycles. The van der Waals surface area contributed by atoms with Gasteiger partial charge in [-0.2, -0.15) is 0 Å². The maximum absolute atomic E-state index is 13.4. The Morgan fingerprint density at radius 1 is 1.07 bits per heavy atom. The number of nitrogens with two attached hydrogens (primary N) is 1. The zero-order valence-electron chi connectivity index (χ0n) is 22.4. The van der Waals surface area contributed by atoms with E-state index >= 15 is 0 Å². The second kappa shape index (κ2) is 12.7. The van der Waals surface area contributed by atoms with E-state index in [1.807, 2.05) is 43.5 Å². The van der Waals surface area contributed by atoms with Crippen LogP contribution in [0.1, 0.15) is 40.3 Å². The van der Waals surface area contributed by atoms with E-state index in [1.54, 1.807) is 29.5 Å². The number of methoxy groups -OCH3 is 1. The predicted octanol–water partition coefficient (Wildman–Crippen LogP) is 4.32. The number of rotatable bonds is 10. The van der Waals surface area contributed by atoms with Gasteiger partial charge in [0.05, 0.1) is 18.2 Å². The lowest BCUT2D eigenvalue weighted by Gasteiger charge is -2.18. The quantitative estimate of drug-likeness (QED) is 0.243. The average Bonchev–Trinajstić information content (AvgIpc) is 3.50. The molecular weight excluding hydrogens is 530 g/mol. The summed E-state index contributed by atoms with van der Waals surface area (Å²) in [6.45, 7) is 3.89. The third-order valence-electron chi connectivity index (χ3n) is 6.50. The third kappa shape index (κ3) is 6.83. The molecule has 0 saturated heterocycles. The largest absolute Gasteiger partial charge is 0.508 e. The van der Waals surface area contributed by atoms with Crippen LogP contribution in [0.5, 0.6) is 5.75 Å². The fourth-order valence-electron chi connectivity index (χ4n) is 3.98. The number of phenols is 1. The Bertz CT molecular complexity index is 1500. The molecule has 0 spiro atoms. The molecule has 4 rings (SSSR count). The first-order valence-electron chi connectivity index (χ1n) is 12.7. The maximum atomic E-state index is 13.4. The second-order valence-corrected chi connectivity index (χ2v) is 10.6. The van der Waals surface area contributed by atoms with Crippen molar-refractivity contribution in [2.75, 3.05) is 13.7 Å². The van der Waals surface area contributed by atoms with Crippen molar-refractivity contribution in [3.05, 3.63) is 82.9 Å². The van der Waals surface area contributed by atoms with Gasteiger partial charge in [-0.3, -0.25) is 4.79 Å². The summed E-state index contributed by atoms with van der Waals surface area (Å²) in [7, 11) is 1.23. The molecule has 9 nitrogen and oxygen atoms in total. The maximum Gasteiger partial charge on any atom is 0.338 e. The Morgan fingerprint density at radius 2 is 1.82 bits per heavy atom. The van der Waals surface area contributed by atoms with E-state index < -0.39 is 23.9 Å². The second-order valence-electron chi connectivity index (χ2n) is 9.69. The summed E-state index contributed by atoms with van der Waals surface area (Å²) in [6.07, 6.45) is 0.123. The topological polar surface area (TPSA) is 141 Å². The summed E-state index contributed by atoms with van der Waals surface area (Å²) < 4.78 is 10.4. The van der Waals surface area contributed by atoms with Crippen molar-refractivity contribution in [1.29, 1.82) is 0 Å². The number of hydrogen-bond donors (Lipinski definition) is 3. The number of aromatic hydroxyl groups is 1. The summed E-state index contributed by atoms with van der Waals surface area (Å²) in [5.41, 5.74) is 8.20. The molecule has 4 N–H and O–H groups in total. The van der Waals surface area contributed by atoms with Crippen LogP contribution in [0, 0.1) is 5.92 Å². The first-order valence-corrected chi connectivity index (χ1v) is 13.6. The van der Waals surface area contributed by atoms with E-state index in [1.165, 1.54) is 25.3 Å². The molecular formula is C30H31N3O6S. The van der Waals surface area contributed by atoms with Gasteiger partial charge in [-0.15, -0.1) is 11.3 Å². The van der Waals surface area contributed by atoms with Gasteiger partial charge in [0.2, 0.25) is 0 Å². The van der Waals surface area contributed by atoms with Crippen LogP contribution in [-0.2, 0) is 20.7 Å². The molecule has 0 aliphatic rings. The molecule has 2 heterocycles. The first-order chi connectivity index (χ1) is 19.2. The van der Waals surface area contributed by atoms with E-state index in [-0.39, 0.29) is 42.0 Å². The zero-order chi connectivity index (χ0) is 28.8. The monoisotopic (exact) mass is 561 g/mol. The van der Waals surface area contributed by atoms with Crippen molar-refractivity contribution in [3.63, 3.8) is 0 Å². The summed E-state index contributed by atoms with van der Waals surface area (Å²) in [4.78, 5) is 44.6. The van der Waals surface area contributed by atoms with Crippen LogP contribution in [0.2, 0.25) is 0 Å². The molecule has 0 bridgehead atoms. The Kier molecular flexibility index (Phi) is 9.13. The van der Waals surface area contributed by atoms with E-state index in [4.69, 9.17) is 15.2 Å². The smallest absolute Gasteiger partial charge is 0.338 e. The van der Waals surface area contributed by atoms with Crippen LogP contribution in [0.4, 0.5) is 0 Å². The van der Waals surface area contributed by atoms with Crippen LogP contribution in [-0.4, -0.2) is 53.7 Å². The molecule has 0 aliphatic carbocycles. The number of ether oxygens (including phenoxy) is 2. The van der Waals surface area contributed by atoms with Crippen molar-refractivity contribution in [2.45, 2.75) is 32.4 Å². The van der Waals surface area contributed by atoms with Gasteiger partial charge in [0.15, 0.2) is 0 Å². The van der Waals surface area contributed by atoms with Crippen LogP contribution < -0.4 is 11.1 Å². The van der Waals surface area contributed by atoms with Gasteiger partial charge in [-0.1, -0.05) is 38.1 Å². The van der Waals surface area contributed by atoms with Gasteiger partial charge in [0.1, 0.15) is 24.1 Å². The molecule has 2 atom stereocenters. The average molecular weight is 562 g/mol. The number of nitrogens with one attached hydrogen (secondary N) is 1. The molecule has 0 fully saturated rings. The molecule has 1 unspecified atom stereocenters. The van der Waals surface area contributed by atoms with Crippen molar-refractivity contribution in [2.24, 2.45) is 11.7 Å². The number of fused-ring (bicyclic) bond motifs is 1. The number of carbonyl (C=O) groups is 3. The van der Waals surface area contributed by atoms with Crippen molar-refractivity contribution >= 4 is 40.1 Å². The van der Waals surface area contributed by atoms with Gasteiger partial charge in [0, 0.05) is 22.7 Å². The SMILES string of the molecule is COC(=O)[C@H](Cc1ccc(O)cc1)NC(=O)c1cc(C(=O)OCC(N)C(C)C)c2cc(-c3cccs3)ccc2n1. The normalized spacial score (nSPS) is 12.6. The van der Waals surface area contributed by atoms with E-state index in [0.29, 0.717) is 16.5 Å². The fourth-order valence-corrected chi connectivity index (χ4v) is 4.71. The number of aromatic nitrogens is 1. The summed E-state index contributed by atoms with van der Waals surface area (Å²) in [6, 6.07) is 15.6. The van der Waals surface area contributed by atoms with Crippen LogP contribution in [0.3, 0.4) is 0 Å². The van der Waals surface area contributed by atoms with Crippen LogP contribution in [0.25, 0.3) is 21.3 Å². The van der Waals surface area contributed by atoms with Crippen LogP contribution in [0.15, 0.2) is 66.0 Å². The number of pyridine rings is 1. The summed E-state index contributed by atoms with van der Waals surface area (Å²) in [5.74, 6) is -1.75. The Morgan fingerprint density at radius 3 is 2.48 bits per heavy atom. The first kappa shape index (κ1) is 28.7. The number of amides is 1. The molecule has 4 aromatic rings. The number of esters is 2. The zero-order valence-corrected chi connectivity index (χ0v) is 23.2. The van der Waals surface area contributed by atoms with Gasteiger partial charge >= 0.3 is 11.9 Å². The molecule has 208 valence electrons. The van der Waals surface area contributed by atoms with Crippen LogP contribution >= 0.6 is 11.3 Å². The lowest BCUT2D eigenvalue weighted by Crippen LogP contribution is -2.43. The number of nitrogens with zero attached hydrogens (tertiary/aromatic N) is 1. The highest BCUT2D eigenvalue weighted by Crippen LogP contribution is 2.30. The fraction of sp³-hybridized carbons (Fsp3) is 0.267. The molecule has 1 amide bonds. The standard InChI is InChI=1S/C30H31N3O6S/c1-17(2)23(31)16-39-29(36)22-15-25(32-24-11-8-19(14-21(22)24)27-5-4-12-40-27)28(35)33-26(30(37)38-3)13-18-6-9-20(34)10-7-18/h4-12,14-15,17,23,26,34H,13,16,31H2,1-3H3,(H,33,35)/t23?,26-/m0/s1. The lowest BCUT2D eigenvalue weighted by molar-refractivity contribution is -0.142. The van der Waals surface area contributed by atoms with Gasteiger partial charge in [0.25, 0.3) is 5.91 Å². The summed E-state index contributed by atoms with van der Waals surface area (Å²) >= 11 is 1.56. The highest BCUT2D eigenvalue weighted by atomic mass is 32.1. The van der Waals surface area contributed by atoms with Gasteiger partial charge < -0.3 is 25.6 Å². The third-order valence-corrected chi connectivity index (χ3v) is 7.42. The van der Waals surface area contributed by atoms with E-state index in [2.05, 4.69) is 10.3 Å². The van der Waals surface area contributed by atoms with Crippen molar-refractivity contribution in [3.8, 4) is 16.2 Å². The predicted molar refractivity (Wildman–Crippen MR) is 153 cm³/mol. The van der Waals surface area contributed by atoms with Gasteiger partial charge in [-0.05, 0) is 58.8 Å². The number of benzene rings is 2. The molecule has 40 heavy (non-hydrogen) atoms. The number of thiophene rings is 1. The minimum Gasteiger partial charge on any atom is -0.508 e. The number of phenolic OH excluding ortho intramolecular Hbond substituents is 1. The molecule has 2 aromatic heterocycles. The minimum absolute atomic E-state index is 0.0174. The van der Waals surface area contributed by atoms with Crippen molar-refractivity contribution < 1.29 is 29.0 Å². The molecule has 0 radical (unpaired) electrons. The number of hydrogen-bond acceptors (Lipinski definition) is 9. The summed E-state index contributed by atoms with van der Waals surface area (Å²) in [5, 5.41) is 14.7. The van der Waals surface area contributed by atoms with Gasteiger partial charge in [-0.25, -0.2) is 14.6 Å². The highest BCUT2D eigenvalue weighted by Gasteiger charge is 2.25. The van der Waals surface area contributed by atoms with E-state index in [9.17, 15) is 19.5 Å². The minimum atomic E-state index is -1.03. The lowest BCUT2D eigenvalue weighted by atomic mass is 10.0. The highest BCUT2D eigenvalue weighted by molar-refractivity contribution is 7.13. The number of carbonyl (C=O) groups excluding carboxylic acids is 3. The molecule has 10 heteroatoms. The van der Waals surface area contributed by atoms with E-state index in [0.717, 1.165) is 10.4 Å².